The molecule has 1 aliphatic heterocycles. The molecule has 0 atom stereocenters. The first-order valence-electron chi connectivity index (χ1n) is 11.0. The zero-order valence-corrected chi connectivity index (χ0v) is 20.1. The molecule has 1 aliphatic rings. The van der Waals surface area contributed by atoms with E-state index in [1.807, 2.05) is 13.0 Å². The summed E-state index contributed by atoms with van der Waals surface area (Å²) in [7, 11) is 0. The van der Waals surface area contributed by atoms with Crippen molar-refractivity contribution in [3.63, 3.8) is 0 Å². The number of ether oxygens (including phenoxy) is 2. The molecule has 0 saturated carbocycles. The number of anilines is 2. The molecular weight excluding hydrogens is 479 g/mol. The van der Waals surface area contributed by atoms with E-state index in [2.05, 4.69) is 10.2 Å². The van der Waals surface area contributed by atoms with Gasteiger partial charge in [0.15, 0.2) is 5.76 Å². The minimum absolute atomic E-state index is 0.105. The van der Waals surface area contributed by atoms with Crippen LogP contribution in [0.25, 0.3) is 11.3 Å². The van der Waals surface area contributed by atoms with Crippen LogP contribution in [0.2, 0.25) is 10.0 Å². The quantitative estimate of drug-likeness (QED) is 0.404. The number of carbonyl (C=O) groups excluding carboxylic acids is 2. The molecule has 178 valence electrons. The molecule has 4 rings (SSSR count). The summed E-state index contributed by atoms with van der Waals surface area (Å²) in [5.74, 6) is -0.341. The maximum atomic E-state index is 12.8. The molecule has 1 N–H and O–H groups in total. The fourth-order valence-electron chi connectivity index (χ4n) is 3.62. The number of nitrogens with one attached hydrogen (secondary N) is 1. The van der Waals surface area contributed by atoms with Crippen LogP contribution in [0.15, 0.2) is 52.9 Å². The van der Waals surface area contributed by atoms with Gasteiger partial charge in [0.2, 0.25) is 0 Å². The van der Waals surface area contributed by atoms with Crippen molar-refractivity contribution in [3.8, 4) is 11.3 Å². The zero-order chi connectivity index (χ0) is 24.1. The van der Waals surface area contributed by atoms with Crippen molar-refractivity contribution in [2.75, 3.05) is 43.1 Å². The van der Waals surface area contributed by atoms with Gasteiger partial charge in [0.05, 0.1) is 36.1 Å². The van der Waals surface area contributed by atoms with Crippen molar-refractivity contribution in [3.05, 3.63) is 69.9 Å². The van der Waals surface area contributed by atoms with Gasteiger partial charge >= 0.3 is 5.97 Å². The summed E-state index contributed by atoms with van der Waals surface area (Å²) < 4.78 is 16.5. The molecule has 9 heteroatoms. The van der Waals surface area contributed by atoms with Crippen LogP contribution in [0.1, 0.15) is 34.3 Å². The summed E-state index contributed by atoms with van der Waals surface area (Å²) in [6.45, 7) is 4.76. The van der Waals surface area contributed by atoms with Crippen molar-refractivity contribution in [2.45, 2.75) is 13.3 Å². The first-order chi connectivity index (χ1) is 16.5. The second kappa shape index (κ2) is 11.0. The van der Waals surface area contributed by atoms with Gasteiger partial charge in [0.1, 0.15) is 5.76 Å². The molecule has 2 aromatic carbocycles. The van der Waals surface area contributed by atoms with Gasteiger partial charge in [0.25, 0.3) is 5.91 Å². The third-order valence-corrected chi connectivity index (χ3v) is 5.84. The summed E-state index contributed by atoms with van der Waals surface area (Å²) in [6.07, 6.45) is 0.716. The number of morpholine rings is 1. The average Bonchev–Trinajstić information content (AvgIpc) is 3.33. The standard InChI is InChI=1S/C25H24Cl2N2O5/c1-2-11-33-25(31)19-15-17(4-6-21(19)29-9-12-32-13-10-29)28-24(30)23-8-7-22(34-23)18-5-3-16(26)14-20(18)27/h3-8,14-15H,2,9-13H2,1H3,(H,28,30). The highest BCUT2D eigenvalue weighted by atomic mass is 35.5. The van der Waals surface area contributed by atoms with Crippen LogP contribution in [-0.4, -0.2) is 44.8 Å². The number of rotatable bonds is 7. The first-order valence-corrected chi connectivity index (χ1v) is 11.7. The molecular formula is C25H24Cl2N2O5. The highest BCUT2D eigenvalue weighted by Gasteiger charge is 2.22. The third kappa shape index (κ3) is 5.55. The average molecular weight is 503 g/mol. The van der Waals surface area contributed by atoms with Crippen LogP contribution in [-0.2, 0) is 9.47 Å². The third-order valence-electron chi connectivity index (χ3n) is 5.29. The Balaban J connectivity index is 1.55. The normalized spacial score (nSPS) is 13.6. The van der Waals surface area contributed by atoms with Crippen LogP contribution >= 0.6 is 23.2 Å². The number of hydrogen-bond donors (Lipinski definition) is 1. The highest BCUT2D eigenvalue weighted by Crippen LogP contribution is 2.32. The fourth-order valence-corrected chi connectivity index (χ4v) is 4.12. The van der Waals surface area contributed by atoms with Crippen molar-refractivity contribution >= 4 is 46.5 Å². The van der Waals surface area contributed by atoms with E-state index in [9.17, 15) is 9.59 Å². The van der Waals surface area contributed by atoms with Crippen molar-refractivity contribution < 1.29 is 23.5 Å². The minimum atomic E-state index is -0.455. The Labute approximate surface area is 207 Å². The van der Waals surface area contributed by atoms with Gasteiger partial charge in [-0.3, -0.25) is 4.79 Å². The topological polar surface area (TPSA) is 81.0 Å². The van der Waals surface area contributed by atoms with Crippen molar-refractivity contribution in [1.82, 2.24) is 0 Å². The molecule has 0 spiro atoms. The maximum absolute atomic E-state index is 12.8. The Hall–Kier alpha value is -3.00. The number of furan rings is 1. The van der Waals surface area contributed by atoms with Crippen LogP contribution in [0.5, 0.6) is 0 Å². The summed E-state index contributed by atoms with van der Waals surface area (Å²) in [4.78, 5) is 27.7. The molecule has 0 unspecified atom stereocenters. The van der Waals surface area contributed by atoms with E-state index in [1.54, 1.807) is 42.5 Å². The van der Waals surface area contributed by atoms with E-state index < -0.39 is 11.9 Å². The number of carbonyl (C=O) groups is 2. The number of hydrogen-bond acceptors (Lipinski definition) is 6. The lowest BCUT2D eigenvalue weighted by molar-refractivity contribution is 0.0504. The van der Waals surface area contributed by atoms with Crippen LogP contribution in [0, 0.1) is 0 Å². The molecule has 0 radical (unpaired) electrons. The van der Waals surface area contributed by atoms with E-state index >= 15 is 0 Å². The predicted molar refractivity (Wildman–Crippen MR) is 132 cm³/mol. The van der Waals surface area contributed by atoms with E-state index in [1.165, 1.54) is 0 Å². The lowest BCUT2D eigenvalue weighted by atomic mass is 10.1. The Bertz CT molecular complexity index is 1190. The minimum Gasteiger partial charge on any atom is -0.462 e. The van der Waals surface area contributed by atoms with E-state index in [0.29, 0.717) is 72.0 Å². The van der Waals surface area contributed by atoms with Crippen LogP contribution in [0.4, 0.5) is 11.4 Å². The maximum Gasteiger partial charge on any atom is 0.340 e. The van der Waals surface area contributed by atoms with Crippen molar-refractivity contribution in [2.24, 2.45) is 0 Å². The van der Waals surface area contributed by atoms with E-state index in [-0.39, 0.29) is 5.76 Å². The summed E-state index contributed by atoms with van der Waals surface area (Å²) in [5, 5.41) is 3.72. The Morgan fingerprint density at radius 3 is 2.59 bits per heavy atom. The smallest absolute Gasteiger partial charge is 0.340 e. The molecule has 34 heavy (non-hydrogen) atoms. The molecule has 3 aromatic rings. The van der Waals surface area contributed by atoms with Crippen molar-refractivity contribution in [1.29, 1.82) is 0 Å². The zero-order valence-electron chi connectivity index (χ0n) is 18.6. The summed E-state index contributed by atoms with van der Waals surface area (Å²) >= 11 is 12.2. The predicted octanol–water partition coefficient (Wildman–Crippen LogP) is 5.91. The number of halogens is 2. The van der Waals surface area contributed by atoms with Gasteiger partial charge < -0.3 is 24.1 Å². The van der Waals surface area contributed by atoms with Gasteiger partial charge in [-0.25, -0.2) is 4.79 Å². The summed E-state index contributed by atoms with van der Waals surface area (Å²) in [5.41, 5.74) is 2.22. The Kier molecular flexibility index (Phi) is 7.77. The number of amides is 1. The molecule has 0 bridgehead atoms. The molecule has 1 saturated heterocycles. The Morgan fingerprint density at radius 1 is 1.06 bits per heavy atom. The van der Waals surface area contributed by atoms with Gasteiger partial charge in [-0.2, -0.15) is 0 Å². The molecule has 1 aromatic heterocycles. The SMILES string of the molecule is CCCOC(=O)c1cc(NC(=O)c2ccc(-c3ccc(Cl)cc3Cl)o2)ccc1N1CCOCC1. The van der Waals surface area contributed by atoms with E-state index in [0.717, 1.165) is 5.69 Å². The second-order valence-electron chi connectivity index (χ2n) is 7.71. The van der Waals surface area contributed by atoms with Gasteiger partial charge in [-0.1, -0.05) is 30.1 Å². The van der Waals surface area contributed by atoms with Gasteiger partial charge in [-0.05, 0) is 55.0 Å². The largest absolute Gasteiger partial charge is 0.462 e. The van der Waals surface area contributed by atoms with Crippen LogP contribution in [0.3, 0.4) is 0 Å². The number of benzene rings is 2. The Morgan fingerprint density at radius 2 is 1.85 bits per heavy atom. The van der Waals surface area contributed by atoms with Gasteiger partial charge in [-0.15, -0.1) is 0 Å². The van der Waals surface area contributed by atoms with Crippen LogP contribution < -0.4 is 10.2 Å². The summed E-state index contributed by atoms with van der Waals surface area (Å²) in [6, 6.07) is 13.4. The molecule has 7 nitrogen and oxygen atoms in total. The number of esters is 1. The highest BCUT2D eigenvalue weighted by molar-refractivity contribution is 6.36. The lowest BCUT2D eigenvalue weighted by Gasteiger charge is -2.30. The van der Waals surface area contributed by atoms with E-state index in [4.69, 9.17) is 37.1 Å². The number of nitrogens with zero attached hydrogens (tertiary/aromatic N) is 1. The van der Waals surface area contributed by atoms with Gasteiger partial charge in [0, 0.05) is 29.4 Å². The molecule has 0 aliphatic carbocycles. The lowest BCUT2D eigenvalue weighted by Crippen LogP contribution is -2.37. The first kappa shape index (κ1) is 24.1. The second-order valence-corrected chi connectivity index (χ2v) is 8.55. The molecule has 1 amide bonds. The molecule has 1 fully saturated rings. The fraction of sp³-hybridized carbons (Fsp3) is 0.280. The molecule has 2 heterocycles. The monoisotopic (exact) mass is 502 g/mol.